The fourth-order valence-electron chi connectivity index (χ4n) is 5.56. The second kappa shape index (κ2) is 9.50. The van der Waals surface area contributed by atoms with Crippen LogP contribution < -0.4 is 0 Å². The summed E-state index contributed by atoms with van der Waals surface area (Å²) < 4.78 is 2.26. The number of hydrogen-bond acceptors (Lipinski definition) is 4. The number of fused-ring (bicyclic) bond motifs is 5. The zero-order valence-corrected chi connectivity index (χ0v) is 22.0. The molecule has 0 aliphatic carbocycles. The Bertz CT molecular complexity index is 2140. The van der Waals surface area contributed by atoms with E-state index < -0.39 is 0 Å². The summed E-state index contributed by atoms with van der Waals surface area (Å²) >= 11 is 0. The van der Waals surface area contributed by atoms with Crippen molar-refractivity contribution in [1.82, 2.24) is 24.5 Å². The van der Waals surface area contributed by atoms with Gasteiger partial charge >= 0.3 is 0 Å². The van der Waals surface area contributed by atoms with Crippen molar-refractivity contribution in [3.63, 3.8) is 0 Å². The molecule has 0 spiro atoms. The van der Waals surface area contributed by atoms with Gasteiger partial charge in [0.2, 0.25) is 0 Å². The molecule has 0 N–H and O–H groups in total. The zero-order chi connectivity index (χ0) is 27.2. The molecule has 0 aliphatic heterocycles. The van der Waals surface area contributed by atoms with Crippen LogP contribution in [0, 0.1) is 0 Å². The van der Waals surface area contributed by atoms with Gasteiger partial charge in [-0.25, -0.2) is 19.9 Å². The molecule has 0 fully saturated rings. The molecule has 192 valence electrons. The molecule has 5 heteroatoms. The number of nitrogens with zero attached hydrogens (tertiary/aromatic N) is 5. The van der Waals surface area contributed by atoms with Gasteiger partial charge < -0.3 is 0 Å². The Balaban J connectivity index is 1.37. The lowest BCUT2D eigenvalue weighted by Crippen LogP contribution is -2.03. The lowest BCUT2D eigenvalue weighted by atomic mass is 10.1. The van der Waals surface area contributed by atoms with E-state index >= 15 is 0 Å². The van der Waals surface area contributed by atoms with Crippen molar-refractivity contribution < 1.29 is 0 Å². The summed E-state index contributed by atoms with van der Waals surface area (Å²) in [6, 6.07) is 47.5. The van der Waals surface area contributed by atoms with Crippen LogP contribution in [-0.4, -0.2) is 24.5 Å². The molecule has 8 rings (SSSR count). The van der Waals surface area contributed by atoms with Crippen LogP contribution >= 0.6 is 0 Å². The van der Waals surface area contributed by atoms with Gasteiger partial charge in [0.05, 0.1) is 11.0 Å². The molecule has 0 aliphatic rings. The molecule has 5 aromatic carbocycles. The molecule has 41 heavy (non-hydrogen) atoms. The summed E-state index contributed by atoms with van der Waals surface area (Å²) in [7, 11) is 0. The highest BCUT2D eigenvalue weighted by Gasteiger charge is 2.17. The van der Waals surface area contributed by atoms with Crippen LogP contribution in [0.25, 0.3) is 72.7 Å². The number of rotatable bonds is 4. The number of pyridine rings is 1. The van der Waals surface area contributed by atoms with Crippen molar-refractivity contribution in [2.75, 3.05) is 0 Å². The van der Waals surface area contributed by atoms with E-state index in [1.54, 1.807) is 0 Å². The number of benzene rings is 5. The summed E-state index contributed by atoms with van der Waals surface area (Å²) in [5.74, 6) is 2.58. The van der Waals surface area contributed by atoms with Gasteiger partial charge in [0, 0.05) is 27.3 Å². The van der Waals surface area contributed by atoms with E-state index in [2.05, 4.69) is 71.3 Å². The van der Waals surface area contributed by atoms with Crippen LogP contribution in [-0.2, 0) is 0 Å². The van der Waals surface area contributed by atoms with Crippen LogP contribution in [0.5, 0.6) is 0 Å². The first-order valence-electron chi connectivity index (χ1n) is 13.6. The Kier molecular flexibility index (Phi) is 5.38. The minimum absolute atomic E-state index is 0.533. The summed E-state index contributed by atoms with van der Waals surface area (Å²) in [6.07, 6.45) is 0. The number of hydrogen-bond donors (Lipinski definition) is 0. The molecule has 0 unspecified atom stereocenters. The maximum atomic E-state index is 5.17. The van der Waals surface area contributed by atoms with Gasteiger partial charge in [0.25, 0.3) is 0 Å². The van der Waals surface area contributed by atoms with E-state index in [1.807, 2.05) is 72.8 Å². The molecular weight excluding hydrogens is 502 g/mol. The molecule has 0 bridgehead atoms. The number of para-hydroxylation sites is 1. The van der Waals surface area contributed by atoms with E-state index in [-0.39, 0.29) is 0 Å². The van der Waals surface area contributed by atoms with Crippen molar-refractivity contribution in [3.8, 4) is 40.1 Å². The molecule has 0 radical (unpaired) electrons. The van der Waals surface area contributed by atoms with Crippen LogP contribution in [0.2, 0.25) is 0 Å². The molecule has 5 nitrogen and oxygen atoms in total. The first kappa shape index (κ1) is 23.2. The van der Waals surface area contributed by atoms with Crippen molar-refractivity contribution in [1.29, 1.82) is 0 Å². The smallest absolute Gasteiger partial charge is 0.182 e. The summed E-state index contributed by atoms with van der Waals surface area (Å²) in [4.78, 5) is 19.8. The molecule has 0 atom stereocenters. The third kappa shape index (κ3) is 3.95. The Labute approximate surface area is 236 Å². The third-order valence-electron chi connectivity index (χ3n) is 7.45. The molecule has 3 heterocycles. The monoisotopic (exact) mass is 525 g/mol. The lowest BCUT2D eigenvalue weighted by molar-refractivity contribution is 1.03. The predicted octanol–water partition coefficient (Wildman–Crippen LogP) is 8.52. The first-order valence-corrected chi connectivity index (χ1v) is 13.6. The highest BCUT2D eigenvalue weighted by atomic mass is 15.1. The topological polar surface area (TPSA) is 56.5 Å². The zero-order valence-electron chi connectivity index (χ0n) is 22.0. The van der Waals surface area contributed by atoms with Gasteiger partial charge in [-0.1, -0.05) is 121 Å². The van der Waals surface area contributed by atoms with Crippen molar-refractivity contribution in [2.24, 2.45) is 0 Å². The minimum atomic E-state index is 0.533. The molecular formula is C36H23N5. The SMILES string of the molecule is c1ccc(-c2nc(-c3ccccc3)nc(-c3cccc(-n4c5ccccc5c5ccc6ccccc6c54)n3)n2)cc1. The average Bonchev–Trinajstić information content (AvgIpc) is 3.40. The fraction of sp³-hybridized carbons (Fsp3) is 0. The minimum Gasteiger partial charge on any atom is -0.293 e. The maximum absolute atomic E-state index is 5.17. The Morgan fingerprint density at radius 3 is 1.73 bits per heavy atom. The Morgan fingerprint density at radius 2 is 1.00 bits per heavy atom. The predicted molar refractivity (Wildman–Crippen MR) is 166 cm³/mol. The Morgan fingerprint density at radius 1 is 0.390 bits per heavy atom. The van der Waals surface area contributed by atoms with E-state index in [0.29, 0.717) is 23.2 Å². The average molecular weight is 526 g/mol. The van der Waals surface area contributed by atoms with Crippen molar-refractivity contribution in [3.05, 3.63) is 140 Å². The quantitative estimate of drug-likeness (QED) is 0.231. The number of aromatic nitrogens is 5. The van der Waals surface area contributed by atoms with Gasteiger partial charge in [-0.05, 0) is 23.6 Å². The van der Waals surface area contributed by atoms with E-state index in [1.165, 1.54) is 21.5 Å². The standard InChI is InChI=1S/C36H23N5/c1-3-13-25(14-4-1)34-38-35(26-15-5-2-6-16-26)40-36(39-34)30-19-11-21-32(37-30)41-31-20-10-9-18-28(31)29-23-22-24-12-7-8-17-27(24)33(29)41/h1-23H. The van der Waals surface area contributed by atoms with Gasteiger partial charge in [-0.15, -0.1) is 0 Å². The molecule has 8 aromatic rings. The summed E-state index contributed by atoms with van der Waals surface area (Å²) in [5, 5.41) is 4.77. The second-order valence-electron chi connectivity index (χ2n) is 9.95. The highest BCUT2D eigenvalue weighted by molar-refractivity contribution is 6.18. The normalized spacial score (nSPS) is 11.4. The maximum Gasteiger partial charge on any atom is 0.182 e. The Hall–Kier alpha value is -5.68. The fourth-order valence-corrected chi connectivity index (χ4v) is 5.56. The van der Waals surface area contributed by atoms with Gasteiger partial charge in [-0.2, -0.15) is 0 Å². The largest absolute Gasteiger partial charge is 0.293 e. The van der Waals surface area contributed by atoms with Crippen LogP contribution in [0.4, 0.5) is 0 Å². The third-order valence-corrected chi connectivity index (χ3v) is 7.45. The molecule has 0 saturated heterocycles. The van der Waals surface area contributed by atoms with Crippen LogP contribution in [0.15, 0.2) is 140 Å². The van der Waals surface area contributed by atoms with Crippen LogP contribution in [0.1, 0.15) is 0 Å². The molecule has 0 amide bonds. The van der Waals surface area contributed by atoms with E-state index in [9.17, 15) is 0 Å². The molecule has 0 saturated carbocycles. The van der Waals surface area contributed by atoms with E-state index in [0.717, 1.165) is 28.0 Å². The first-order chi connectivity index (χ1) is 20.3. The van der Waals surface area contributed by atoms with E-state index in [4.69, 9.17) is 19.9 Å². The second-order valence-corrected chi connectivity index (χ2v) is 9.95. The van der Waals surface area contributed by atoms with Crippen molar-refractivity contribution >= 4 is 32.6 Å². The van der Waals surface area contributed by atoms with Gasteiger partial charge in [0.15, 0.2) is 17.5 Å². The highest BCUT2D eigenvalue weighted by Crippen LogP contribution is 2.36. The summed E-state index contributed by atoms with van der Waals surface area (Å²) in [6.45, 7) is 0. The van der Waals surface area contributed by atoms with Gasteiger partial charge in [0.1, 0.15) is 11.5 Å². The summed E-state index contributed by atoms with van der Waals surface area (Å²) in [5.41, 5.74) is 4.79. The van der Waals surface area contributed by atoms with Crippen molar-refractivity contribution in [2.45, 2.75) is 0 Å². The molecule has 3 aromatic heterocycles. The van der Waals surface area contributed by atoms with Gasteiger partial charge in [-0.3, -0.25) is 4.57 Å². The van der Waals surface area contributed by atoms with Crippen LogP contribution in [0.3, 0.4) is 0 Å². The lowest BCUT2D eigenvalue weighted by Gasteiger charge is -2.11.